The van der Waals surface area contributed by atoms with E-state index in [-0.39, 0.29) is 29.8 Å². The second-order valence-electron chi connectivity index (χ2n) is 7.94. The van der Waals surface area contributed by atoms with Crippen molar-refractivity contribution in [1.82, 2.24) is 9.62 Å². The molecule has 0 aromatic heterocycles. The summed E-state index contributed by atoms with van der Waals surface area (Å²) in [6.07, 6.45) is 0. The van der Waals surface area contributed by atoms with Crippen LogP contribution in [0.3, 0.4) is 0 Å². The minimum atomic E-state index is -4.05. The van der Waals surface area contributed by atoms with Gasteiger partial charge in [-0.25, -0.2) is 8.42 Å². The average molecular weight is 483 g/mol. The molecule has 0 fully saturated rings. The third-order valence-corrected chi connectivity index (χ3v) is 7.25. The van der Waals surface area contributed by atoms with Crippen LogP contribution in [0.25, 0.3) is 0 Å². The zero-order chi connectivity index (χ0) is 24.7. The Hall–Kier alpha value is -3.36. The average Bonchev–Trinajstić information content (AvgIpc) is 2.84. The molecule has 0 bridgehead atoms. The number of nitrogens with zero attached hydrogens (tertiary/aromatic N) is 1. The lowest BCUT2D eigenvalue weighted by molar-refractivity contribution is -0.122. The first kappa shape index (κ1) is 25.3. The second-order valence-corrected chi connectivity index (χ2v) is 9.85. The maximum atomic E-state index is 13.7. The molecule has 0 unspecified atom stereocenters. The third-order valence-electron chi connectivity index (χ3n) is 5.44. The van der Waals surface area contributed by atoms with Gasteiger partial charge in [0.15, 0.2) is 0 Å². The summed E-state index contributed by atoms with van der Waals surface area (Å²) in [5.41, 5.74) is 2.34. The molecule has 8 heteroatoms. The van der Waals surface area contributed by atoms with Crippen molar-refractivity contribution >= 4 is 15.9 Å². The molecule has 0 saturated carbocycles. The predicted octanol–water partition coefficient (Wildman–Crippen LogP) is 4.08. The number of para-hydroxylation sites is 1. The number of ether oxygens (including phenoxy) is 2. The molecule has 3 aromatic rings. The fourth-order valence-corrected chi connectivity index (χ4v) is 5.31. The minimum absolute atomic E-state index is 0.0245. The van der Waals surface area contributed by atoms with Crippen LogP contribution >= 0.6 is 0 Å². The van der Waals surface area contributed by atoms with Crippen molar-refractivity contribution in [1.29, 1.82) is 0 Å². The lowest BCUT2D eigenvalue weighted by atomic mass is 10.1. The van der Waals surface area contributed by atoms with Gasteiger partial charge >= 0.3 is 0 Å². The van der Waals surface area contributed by atoms with Gasteiger partial charge in [0, 0.05) is 12.1 Å². The number of benzene rings is 3. The Kier molecular flexibility index (Phi) is 8.31. The molecule has 3 aromatic carbocycles. The fraction of sp³-hybridized carbons (Fsp3) is 0.269. The summed E-state index contributed by atoms with van der Waals surface area (Å²) in [6, 6.07) is 21.1. The van der Waals surface area contributed by atoms with Gasteiger partial charge in [-0.1, -0.05) is 54.6 Å². The molecule has 34 heavy (non-hydrogen) atoms. The van der Waals surface area contributed by atoms with E-state index >= 15 is 0 Å². The number of methoxy groups -OCH3 is 2. The van der Waals surface area contributed by atoms with Gasteiger partial charge in [-0.2, -0.15) is 4.31 Å². The smallest absolute Gasteiger partial charge is 0.247 e. The van der Waals surface area contributed by atoms with Crippen LogP contribution in [0.1, 0.15) is 29.7 Å². The van der Waals surface area contributed by atoms with Gasteiger partial charge in [-0.05, 0) is 43.2 Å². The number of hydrogen-bond acceptors (Lipinski definition) is 5. The van der Waals surface area contributed by atoms with Crippen molar-refractivity contribution in [3.05, 3.63) is 89.5 Å². The third kappa shape index (κ3) is 5.95. The Balaban J connectivity index is 1.90. The van der Waals surface area contributed by atoms with Crippen LogP contribution in [0.4, 0.5) is 0 Å². The zero-order valence-corrected chi connectivity index (χ0v) is 20.6. The Bertz CT molecular complexity index is 1230. The molecule has 0 radical (unpaired) electrons. The highest BCUT2D eigenvalue weighted by atomic mass is 32.2. The van der Waals surface area contributed by atoms with E-state index in [2.05, 4.69) is 5.32 Å². The SMILES string of the molecule is COc1ccccc1[C@@H](C)NC(=O)CN(Cc1ccccc1)S(=O)(=O)c1cc(C)ccc1OC. The number of carbonyl (C=O) groups excluding carboxylic acids is 1. The lowest BCUT2D eigenvalue weighted by Crippen LogP contribution is -2.41. The van der Waals surface area contributed by atoms with Crippen LogP contribution in [0.2, 0.25) is 0 Å². The number of hydrogen-bond donors (Lipinski definition) is 1. The first-order valence-electron chi connectivity index (χ1n) is 10.9. The Morgan fingerprint density at radius 1 is 0.941 bits per heavy atom. The predicted molar refractivity (Wildman–Crippen MR) is 131 cm³/mol. The number of carbonyl (C=O) groups is 1. The maximum Gasteiger partial charge on any atom is 0.247 e. The molecule has 0 aliphatic rings. The molecule has 7 nitrogen and oxygen atoms in total. The van der Waals surface area contributed by atoms with E-state index in [4.69, 9.17) is 9.47 Å². The van der Waals surface area contributed by atoms with E-state index < -0.39 is 15.9 Å². The van der Waals surface area contributed by atoms with Crippen molar-refractivity contribution < 1.29 is 22.7 Å². The van der Waals surface area contributed by atoms with Crippen LogP contribution < -0.4 is 14.8 Å². The summed E-state index contributed by atoms with van der Waals surface area (Å²) in [4.78, 5) is 13.1. The van der Waals surface area contributed by atoms with Crippen molar-refractivity contribution in [3.63, 3.8) is 0 Å². The Morgan fingerprint density at radius 3 is 2.26 bits per heavy atom. The van der Waals surface area contributed by atoms with Crippen LogP contribution in [0.5, 0.6) is 11.5 Å². The van der Waals surface area contributed by atoms with E-state index in [1.165, 1.54) is 11.4 Å². The van der Waals surface area contributed by atoms with Crippen LogP contribution in [0.15, 0.2) is 77.7 Å². The van der Waals surface area contributed by atoms with Gasteiger partial charge in [-0.15, -0.1) is 0 Å². The first-order chi connectivity index (χ1) is 16.3. The van der Waals surface area contributed by atoms with E-state index in [0.29, 0.717) is 5.75 Å². The van der Waals surface area contributed by atoms with Gasteiger partial charge in [0.05, 0.1) is 26.8 Å². The maximum absolute atomic E-state index is 13.7. The number of aryl methyl sites for hydroxylation is 1. The van der Waals surface area contributed by atoms with Crippen molar-refractivity contribution in [2.24, 2.45) is 0 Å². The van der Waals surface area contributed by atoms with E-state index in [9.17, 15) is 13.2 Å². The van der Waals surface area contributed by atoms with E-state index in [1.54, 1.807) is 25.3 Å². The largest absolute Gasteiger partial charge is 0.496 e. The molecule has 0 spiro atoms. The molecule has 0 aliphatic carbocycles. The minimum Gasteiger partial charge on any atom is -0.496 e. The number of amides is 1. The zero-order valence-electron chi connectivity index (χ0n) is 19.8. The molecule has 0 heterocycles. The van der Waals surface area contributed by atoms with Crippen molar-refractivity contribution in [2.45, 2.75) is 31.3 Å². The van der Waals surface area contributed by atoms with Crippen molar-refractivity contribution in [3.8, 4) is 11.5 Å². The van der Waals surface area contributed by atoms with Gasteiger partial charge in [0.2, 0.25) is 15.9 Å². The molecule has 1 amide bonds. The van der Waals surface area contributed by atoms with Gasteiger partial charge < -0.3 is 14.8 Å². The normalized spacial score (nSPS) is 12.3. The fourth-order valence-electron chi connectivity index (χ4n) is 3.69. The number of rotatable bonds is 10. The molecular formula is C26H30N2O5S. The molecule has 1 N–H and O–H groups in total. The second kappa shape index (κ2) is 11.2. The Morgan fingerprint density at radius 2 is 1.59 bits per heavy atom. The molecule has 0 saturated heterocycles. The lowest BCUT2D eigenvalue weighted by Gasteiger charge is -2.24. The quantitative estimate of drug-likeness (QED) is 0.471. The monoisotopic (exact) mass is 482 g/mol. The van der Waals surface area contributed by atoms with E-state index in [0.717, 1.165) is 16.7 Å². The van der Waals surface area contributed by atoms with Crippen LogP contribution in [-0.4, -0.2) is 39.4 Å². The topological polar surface area (TPSA) is 84.9 Å². The summed E-state index contributed by atoms with van der Waals surface area (Å²) < 4.78 is 39.3. The van der Waals surface area contributed by atoms with Crippen molar-refractivity contribution in [2.75, 3.05) is 20.8 Å². The van der Waals surface area contributed by atoms with Gasteiger partial charge in [-0.3, -0.25) is 4.79 Å². The van der Waals surface area contributed by atoms with Crippen LogP contribution in [0, 0.1) is 6.92 Å². The molecule has 1 atom stereocenters. The Labute approximate surface area is 201 Å². The number of nitrogens with one attached hydrogen (secondary N) is 1. The van der Waals surface area contributed by atoms with Gasteiger partial charge in [0.25, 0.3) is 0 Å². The highest BCUT2D eigenvalue weighted by Crippen LogP contribution is 2.29. The standard InChI is InChI=1S/C26H30N2O5S/c1-19-14-15-24(33-4)25(16-19)34(30,31)28(17-21-10-6-5-7-11-21)18-26(29)27-20(2)22-12-8-9-13-23(22)32-3/h5-16,20H,17-18H2,1-4H3,(H,27,29)/t20-/m1/s1. The highest BCUT2D eigenvalue weighted by Gasteiger charge is 2.30. The van der Waals surface area contributed by atoms with E-state index in [1.807, 2.05) is 68.4 Å². The summed E-state index contributed by atoms with van der Waals surface area (Å²) in [6.45, 7) is 3.32. The summed E-state index contributed by atoms with van der Waals surface area (Å²) >= 11 is 0. The summed E-state index contributed by atoms with van der Waals surface area (Å²) in [5, 5.41) is 2.89. The highest BCUT2D eigenvalue weighted by molar-refractivity contribution is 7.89. The first-order valence-corrected chi connectivity index (χ1v) is 12.3. The number of sulfonamides is 1. The van der Waals surface area contributed by atoms with Crippen LogP contribution in [-0.2, 0) is 21.4 Å². The molecule has 3 rings (SSSR count). The molecular weight excluding hydrogens is 452 g/mol. The summed E-state index contributed by atoms with van der Waals surface area (Å²) in [7, 11) is -1.06. The van der Waals surface area contributed by atoms with Gasteiger partial charge in [0.1, 0.15) is 16.4 Å². The summed E-state index contributed by atoms with van der Waals surface area (Å²) in [5.74, 6) is 0.449. The molecule has 0 aliphatic heterocycles. The molecule has 180 valence electrons.